The molecule has 1 N–H and O–H groups in total. The molecule has 140 valence electrons. The van der Waals surface area contributed by atoms with Crippen LogP contribution in [0.2, 0.25) is 0 Å². The summed E-state index contributed by atoms with van der Waals surface area (Å²) in [6, 6.07) is 16.0. The molecule has 0 spiro atoms. The number of ether oxygens (including phenoxy) is 1. The van der Waals surface area contributed by atoms with Crippen LogP contribution in [0.15, 0.2) is 59.2 Å². The minimum Gasteiger partial charge on any atom is -0.497 e. The summed E-state index contributed by atoms with van der Waals surface area (Å²) in [6.07, 6.45) is 3.70. The maximum absolute atomic E-state index is 12.7. The normalized spacial score (nSPS) is 17.7. The first-order chi connectivity index (χ1) is 13.2. The van der Waals surface area contributed by atoms with E-state index in [4.69, 9.17) is 9.15 Å². The van der Waals surface area contributed by atoms with Crippen LogP contribution in [0, 0.1) is 0 Å². The van der Waals surface area contributed by atoms with E-state index in [0.29, 0.717) is 5.76 Å². The van der Waals surface area contributed by atoms with E-state index in [2.05, 4.69) is 22.3 Å². The Kier molecular flexibility index (Phi) is 5.12. The van der Waals surface area contributed by atoms with Crippen LogP contribution in [0.1, 0.15) is 29.0 Å². The van der Waals surface area contributed by atoms with E-state index in [1.165, 1.54) is 5.56 Å². The number of piperidine rings is 1. The highest BCUT2D eigenvalue weighted by Crippen LogP contribution is 2.22. The van der Waals surface area contributed by atoms with E-state index < -0.39 is 0 Å². The van der Waals surface area contributed by atoms with Gasteiger partial charge >= 0.3 is 0 Å². The first kappa shape index (κ1) is 17.6. The molecule has 1 amide bonds. The summed E-state index contributed by atoms with van der Waals surface area (Å²) in [4.78, 5) is 15.1. The zero-order valence-electron chi connectivity index (χ0n) is 15.5. The smallest absolute Gasteiger partial charge is 0.287 e. The van der Waals surface area contributed by atoms with Crippen LogP contribution < -0.4 is 10.1 Å². The van der Waals surface area contributed by atoms with E-state index in [1.807, 2.05) is 36.4 Å². The Labute approximate surface area is 158 Å². The molecule has 1 aliphatic rings. The van der Waals surface area contributed by atoms with Crippen LogP contribution in [0.25, 0.3) is 10.8 Å². The largest absolute Gasteiger partial charge is 0.497 e. The Balaban J connectivity index is 1.38. The van der Waals surface area contributed by atoms with Gasteiger partial charge in [-0.1, -0.05) is 36.4 Å². The molecule has 1 atom stereocenters. The molecule has 1 unspecified atom stereocenters. The molecule has 1 fully saturated rings. The van der Waals surface area contributed by atoms with Gasteiger partial charge in [0.2, 0.25) is 0 Å². The fourth-order valence-corrected chi connectivity index (χ4v) is 3.73. The van der Waals surface area contributed by atoms with Gasteiger partial charge < -0.3 is 14.5 Å². The number of hydrogen-bond acceptors (Lipinski definition) is 4. The van der Waals surface area contributed by atoms with Gasteiger partial charge in [0.05, 0.1) is 13.4 Å². The zero-order chi connectivity index (χ0) is 18.6. The van der Waals surface area contributed by atoms with Crippen molar-refractivity contribution in [2.24, 2.45) is 0 Å². The Morgan fingerprint density at radius 1 is 1.22 bits per heavy atom. The molecule has 0 bridgehead atoms. The lowest BCUT2D eigenvalue weighted by molar-refractivity contribution is 0.0875. The summed E-state index contributed by atoms with van der Waals surface area (Å²) in [6.45, 7) is 2.76. The van der Waals surface area contributed by atoms with Crippen molar-refractivity contribution in [3.63, 3.8) is 0 Å². The minimum absolute atomic E-state index is 0.132. The van der Waals surface area contributed by atoms with Gasteiger partial charge in [-0.15, -0.1) is 0 Å². The third kappa shape index (κ3) is 3.98. The molecule has 1 aromatic heterocycles. The number of rotatable bonds is 5. The Bertz CT molecular complexity index is 917. The molecule has 1 aliphatic heterocycles. The van der Waals surface area contributed by atoms with Crippen molar-refractivity contribution in [2.75, 3.05) is 20.2 Å². The van der Waals surface area contributed by atoms with Crippen molar-refractivity contribution in [3.05, 3.63) is 66.1 Å². The van der Waals surface area contributed by atoms with E-state index in [1.54, 1.807) is 13.4 Å². The molecule has 3 aromatic rings. The maximum atomic E-state index is 12.7. The second-order valence-corrected chi connectivity index (χ2v) is 7.05. The fraction of sp³-hybridized carbons (Fsp3) is 0.318. The van der Waals surface area contributed by atoms with E-state index in [9.17, 15) is 4.79 Å². The average Bonchev–Trinajstić information content (AvgIpc) is 3.13. The molecule has 1 saturated heterocycles. The molecule has 5 nitrogen and oxygen atoms in total. The monoisotopic (exact) mass is 364 g/mol. The Hall–Kier alpha value is -2.79. The van der Waals surface area contributed by atoms with Crippen molar-refractivity contribution in [2.45, 2.75) is 25.4 Å². The van der Waals surface area contributed by atoms with Crippen LogP contribution in [0.5, 0.6) is 5.75 Å². The van der Waals surface area contributed by atoms with Gasteiger partial charge in [0.1, 0.15) is 5.75 Å². The van der Waals surface area contributed by atoms with Crippen LogP contribution in [-0.2, 0) is 6.54 Å². The molecule has 0 radical (unpaired) electrons. The molecule has 2 heterocycles. The molecule has 2 aromatic carbocycles. The highest BCUT2D eigenvalue weighted by atomic mass is 16.5. The summed E-state index contributed by atoms with van der Waals surface area (Å²) in [5.74, 6) is 1.14. The van der Waals surface area contributed by atoms with E-state index >= 15 is 0 Å². The predicted molar refractivity (Wildman–Crippen MR) is 105 cm³/mol. The lowest BCUT2D eigenvalue weighted by Gasteiger charge is -2.33. The Morgan fingerprint density at radius 3 is 2.85 bits per heavy atom. The number of carbonyl (C=O) groups is 1. The van der Waals surface area contributed by atoms with Crippen molar-refractivity contribution < 1.29 is 13.9 Å². The second kappa shape index (κ2) is 7.84. The van der Waals surface area contributed by atoms with Crippen LogP contribution in [-0.4, -0.2) is 37.0 Å². The molecular formula is C22H24N2O3. The van der Waals surface area contributed by atoms with Crippen LogP contribution in [0.4, 0.5) is 0 Å². The lowest BCUT2D eigenvalue weighted by atomic mass is 10.0. The molecule has 0 aliphatic carbocycles. The number of benzene rings is 2. The topological polar surface area (TPSA) is 54.7 Å². The number of hydrogen-bond donors (Lipinski definition) is 1. The van der Waals surface area contributed by atoms with Gasteiger partial charge in [0.15, 0.2) is 5.76 Å². The molecule has 5 heteroatoms. The quantitative estimate of drug-likeness (QED) is 0.747. The minimum atomic E-state index is -0.132. The highest BCUT2D eigenvalue weighted by Gasteiger charge is 2.24. The number of likely N-dealkylation sites (tertiary alicyclic amines) is 1. The lowest BCUT2D eigenvalue weighted by Crippen LogP contribution is -2.47. The first-order valence-corrected chi connectivity index (χ1v) is 9.35. The summed E-state index contributed by atoms with van der Waals surface area (Å²) in [5, 5.41) is 4.97. The molecular weight excluding hydrogens is 340 g/mol. The van der Waals surface area contributed by atoms with Gasteiger partial charge in [-0.25, -0.2) is 0 Å². The van der Waals surface area contributed by atoms with Gasteiger partial charge in [-0.05, 0) is 37.1 Å². The van der Waals surface area contributed by atoms with Crippen LogP contribution in [0.3, 0.4) is 0 Å². The number of nitrogens with one attached hydrogen (secondary N) is 1. The van der Waals surface area contributed by atoms with Gasteiger partial charge in [-0.3, -0.25) is 9.69 Å². The van der Waals surface area contributed by atoms with Crippen molar-refractivity contribution in [1.29, 1.82) is 0 Å². The number of amides is 1. The summed E-state index contributed by atoms with van der Waals surface area (Å²) >= 11 is 0. The molecule has 0 saturated carbocycles. The zero-order valence-corrected chi connectivity index (χ0v) is 15.5. The predicted octanol–water partition coefficient (Wildman–Crippen LogP) is 3.84. The van der Waals surface area contributed by atoms with Gasteiger partial charge in [0, 0.05) is 29.9 Å². The number of fused-ring (bicyclic) bond motifs is 1. The average molecular weight is 364 g/mol. The third-order valence-electron chi connectivity index (χ3n) is 5.12. The third-order valence-corrected chi connectivity index (χ3v) is 5.12. The number of furan rings is 1. The summed E-state index contributed by atoms with van der Waals surface area (Å²) in [7, 11) is 1.68. The Morgan fingerprint density at radius 2 is 2.04 bits per heavy atom. The van der Waals surface area contributed by atoms with Crippen molar-refractivity contribution >= 4 is 16.7 Å². The number of carbonyl (C=O) groups excluding carboxylic acids is 1. The van der Waals surface area contributed by atoms with Crippen molar-refractivity contribution in [3.8, 4) is 5.75 Å². The van der Waals surface area contributed by atoms with Gasteiger partial charge in [-0.2, -0.15) is 0 Å². The first-order valence-electron chi connectivity index (χ1n) is 9.35. The highest BCUT2D eigenvalue weighted by molar-refractivity contribution is 6.04. The summed E-state index contributed by atoms with van der Waals surface area (Å²) < 4.78 is 10.7. The van der Waals surface area contributed by atoms with E-state index in [0.717, 1.165) is 49.0 Å². The standard InChI is InChI=1S/C22H24N2O3/c1-26-19-10-8-16(9-11-19)13-24-12-4-6-18(14-24)23-22(25)21-20-7-3-2-5-17(20)15-27-21/h2-3,5,7-11,15,18H,4,6,12-14H2,1H3,(H,23,25). The molecule has 4 rings (SSSR count). The number of methoxy groups -OCH3 is 1. The maximum Gasteiger partial charge on any atom is 0.287 e. The van der Waals surface area contributed by atoms with Crippen LogP contribution >= 0.6 is 0 Å². The summed E-state index contributed by atoms with van der Waals surface area (Å²) in [5.41, 5.74) is 1.25. The number of nitrogens with zero attached hydrogens (tertiary/aromatic N) is 1. The SMILES string of the molecule is COc1ccc(CN2CCCC(NC(=O)c3occ4ccccc34)C2)cc1. The van der Waals surface area contributed by atoms with Crippen molar-refractivity contribution in [1.82, 2.24) is 10.2 Å². The fourth-order valence-electron chi connectivity index (χ4n) is 3.73. The van der Waals surface area contributed by atoms with E-state index in [-0.39, 0.29) is 11.9 Å². The second-order valence-electron chi connectivity index (χ2n) is 7.05. The molecule has 27 heavy (non-hydrogen) atoms. The van der Waals surface area contributed by atoms with Gasteiger partial charge in [0.25, 0.3) is 5.91 Å².